The Hall–Kier alpha value is -1.39. The van der Waals surface area contributed by atoms with Crippen molar-refractivity contribution in [2.45, 2.75) is 45.6 Å². The van der Waals surface area contributed by atoms with E-state index in [2.05, 4.69) is 30.1 Å². The standard InChI is InChI=1S/C19H28N2O2/c1-12(2)16-6-4-5-13(3)18(16)20-17(22)11-21-9-14-7-8-15(10-21)19(14)23/h4-6,12,14-15,19,23H,7-11H2,1-3H3,(H,20,22). The average Bonchev–Trinajstić information content (AvgIpc) is 2.71. The van der Waals surface area contributed by atoms with Crippen LogP contribution in [0.25, 0.3) is 0 Å². The summed E-state index contributed by atoms with van der Waals surface area (Å²) in [6.45, 7) is 8.44. The highest BCUT2D eigenvalue weighted by molar-refractivity contribution is 5.94. The van der Waals surface area contributed by atoms with E-state index in [1.54, 1.807) is 0 Å². The molecule has 1 saturated carbocycles. The third-order valence-electron chi connectivity index (χ3n) is 5.42. The number of likely N-dealkylation sites (tertiary alicyclic amines) is 1. The van der Waals surface area contributed by atoms with Gasteiger partial charge in [0.15, 0.2) is 0 Å². The largest absolute Gasteiger partial charge is 0.392 e. The lowest BCUT2D eigenvalue weighted by Gasteiger charge is -2.35. The molecule has 4 nitrogen and oxygen atoms in total. The first kappa shape index (κ1) is 16.5. The first-order chi connectivity index (χ1) is 11.0. The minimum absolute atomic E-state index is 0.0528. The molecule has 2 unspecified atom stereocenters. The summed E-state index contributed by atoms with van der Waals surface area (Å²) in [7, 11) is 0. The van der Waals surface area contributed by atoms with Crippen molar-refractivity contribution in [1.82, 2.24) is 4.90 Å². The van der Waals surface area contributed by atoms with E-state index >= 15 is 0 Å². The van der Waals surface area contributed by atoms with Crippen LogP contribution in [0, 0.1) is 18.8 Å². The molecular formula is C19H28N2O2. The topological polar surface area (TPSA) is 52.6 Å². The van der Waals surface area contributed by atoms with E-state index in [0.29, 0.717) is 24.3 Å². The van der Waals surface area contributed by atoms with Crippen LogP contribution < -0.4 is 5.32 Å². The van der Waals surface area contributed by atoms with Crippen molar-refractivity contribution in [2.24, 2.45) is 11.8 Å². The van der Waals surface area contributed by atoms with Crippen molar-refractivity contribution < 1.29 is 9.90 Å². The molecule has 2 fully saturated rings. The fraction of sp³-hybridized carbons (Fsp3) is 0.632. The summed E-state index contributed by atoms with van der Waals surface area (Å²) >= 11 is 0. The molecule has 1 amide bonds. The van der Waals surface area contributed by atoms with Crippen LogP contribution in [0.3, 0.4) is 0 Å². The number of aliphatic hydroxyl groups excluding tert-OH is 1. The average molecular weight is 316 g/mol. The van der Waals surface area contributed by atoms with E-state index in [4.69, 9.17) is 0 Å². The molecule has 0 spiro atoms. The Balaban J connectivity index is 1.65. The summed E-state index contributed by atoms with van der Waals surface area (Å²) in [4.78, 5) is 14.7. The lowest BCUT2D eigenvalue weighted by atomic mass is 9.95. The predicted octanol–water partition coefficient (Wildman–Crippen LogP) is 2.76. The summed E-state index contributed by atoms with van der Waals surface area (Å²) < 4.78 is 0. The van der Waals surface area contributed by atoms with Crippen LogP contribution in [-0.4, -0.2) is 41.7 Å². The Labute approximate surface area is 138 Å². The van der Waals surface area contributed by atoms with Crippen molar-refractivity contribution in [1.29, 1.82) is 0 Å². The molecule has 4 heteroatoms. The van der Waals surface area contributed by atoms with Gasteiger partial charge in [-0.2, -0.15) is 0 Å². The maximum absolute atomic E-state index is 12.5. The molecule has 1 aliphatic heterocycles. The van der Waals surface area contributed by atoms with Gasteiger partial charge in [-0.3, -0.25) is 9.69 Å². The number of carbonyl (C=O) groups excluding carboxylic acids is 1. The number of aryl methyl sites for hydroxylation is 1. The number of rotatable bonds is 4. The molecule has 1 saturated heterocycles. The molecule has 126 valence electrons. The quantitative estimate of drug-likeness (QED) is 0.898. The number of benzene rings is 1. The van der Waals surface area contributed by atoms with E-state index in [1.165, 1.54) is 5.56 Å². The Morgan fingerprint density at radius 3 is 2.57 bits per heavy atom. The van der Waals surface area contributed by atoms with Gasteiger partial charge in [0.05, 0.1) is 12.6 Å². The van der Waals surface area contributed by atoms with E-state index in [-0.39, 0.29) is 12.0 Å². The molecule has 2 N–H and O–H groups in total. The second-order valence-electron chi connectivity index (χ2n) is 7.52. The summed E-state index contributed by atoms with van der Waals surface area (Å²) in [5, 5.41) is 13.2. The summed E-state index contributed by atoms with van der Waals surface area (Å²) in [6.07, 6.45) is 2.04. The second-order valence-corrected chi connectivity index (χ2v) is 7.52. The van der Waals surface area contributed by atoms with Gasteiger partial charge in [-0.25, -0.2) is 0 Å². The van der Waals surface area contributed by atoms with Crippen LogP contribution in [0.5, 0.6) is 0 Å². The zero-order chi connectivity index (χ0) is 16.6. The van der Waals surface area contributed by atoms with Crippen LogP contribution in [0.2, 0.25) is 0 Å². The molecular weight excluding hydrogens is 288 g/mol. The number of amides is 1. The zero-order valence-corrected chi connectivity index (χ0v) is 14.4. The third kappa shape index (κ3) is 3.43. The maximum Gasteiger partial charge on any atom is 0.238 e. The van der Waals surface area contributed by atoms with Gasteiger partial charge in [0.2, 0.25) is 5.91 Å². The smallest absolute Gasteiger partial charge is 0.238 e. The van der Waals surface area contributed by atoms with Crippen LogP contribution in [-0.2, 0) is 4.79 Å². The molecule has 1 aromatic rings. The Morgan fingerprint density at radius 1 is 1.30 bits per heavy atom. The molecule has 1 aromatic carbocycles. The highest BCUT2D eigenvalue weighted by Gasteiger charge is 2.41. The number of hydrogen-bond donors (Lipinski definition) is 2. The van der Waals surface area contributed by atoms with E-state index in [9.17, 15) is 9.90 Å². The summed E-state index contributed by atoms with van der Waals surface area (Å²) in [5.41, 5.74) is 3.26. The molecule has 2 atom stereocenters. The van der Waals surface area contributed by atoms with Gasteiger partial charge in [-0.15, -0.1) is 0 Å². The zero-order valence-electron chi connectivity index (χ0n) is 14.4. The van der Waals surface area contributed by atoms with Crippen molar-refractivity contribution in [2.75, 3.05) is 25.0 Å². The van der Waals surface area contributed by atoms with Gasteiger partial charge < -0.3 is 10.4 Å². The normalized spacial score (nSPS) is 27.4. The van der Waals surface area contributed by atoms with Gasteiger partial charge in [0.25, 0.3) is 0 Å². The van der Waals surface area contributed by atoms with Crippen LogP contribution in [0.1, 0.15) is 43.7 Å². The number of nitrogens with zero attached hydrogens (tertiary/aromatic N) is 1. The number of carbonyl (C=O) groups is 1. The van der Waals surface area contributed by atoms with Crippen LogP contribution >= 0.6 is 0 Å². The first-order valence-corrected chi connectivity index (χ1v) is 8.75. The van der Waals surface area contributed by atoms with E-state index in [1.807, 2.05) is 19.1 Å². The molecule has 1 heterocycles. The van der Waals surface area contributed by atoms with Crippen molar-refractivity contribution in [3.8, 4) is 0 Å². The van der Waals surface area contributed by atoms with E-state index < -0.39 is 0 Å². The second kappa shape index (κ2) is 6.62. The SMILES string of the molecule is Cc1cccc(C(C)C)c1NC(=O)CN1CC2CCC(C1)C2O. The van der Waals surface area contributed by atoms with Gasteiger partial charge in [0, 0.05) is 18.8 Å². The fourth-order valence-corrected chi connectivity index (χ4v) is 4.14. The van der Waals surface area contributed by atoms with Crippen molar-refractivity contribution in [3.05, 3.63) is 29.3 Å². The number of nitrogens with one attached hydrogen (secondary N) is 1. The van der Waals surface area contributed by atoms with Crippen LogP contribution in [0.4, 0.5) is 5.69 Å². The Morgan fingerprint density at radius 2 is 1.96 bits per heavy atom. The molecule has 0 radical (unpaired) electrons. The first-order valence-electron chi connectivity index (χ1n) is 8.75. The number of fused-ring (bicyclic) bond motifs is 2. The van der Waals surface area contributed by atoms with E-state index in [0.717, 1.165) is 37.2 Å². The van der Waals surface area contributed by atoms with Gasteiger partial charge >= 0.3 is 0 Å². The number of anilines is 1. The number of para-hydroxylation sites is 1. The number of aliphatic hydroxyl groups is 1. The highest BCUT2D eigenvalue weighted by atomic mass is 16.3. The molecule has 1 aliphatic carbocycles. The minimum Gasteiger partial charge on any atom is -0.392 e. The van der Waals surface area contributed by atoms with Crippen molar-refractivity contribution >= 4 is 11.6 Å². The van der Waals surface area contributed by atoms with Gasteiger partial charge in [-0.05, 0) is 48.6 Å². The molecule has 3 rings (SSSR count). The summed E-state index contributed by atoms with van der Waals surface area (Å²) in [5.74, 6) is 1.14. The third-order valence-corrected chi connectivity index (χ3v) is 5.42. The summed E-state index contributed by atoms with van der Waals surface area (Å²) in [6, 6.07) is 6.17. The van der Waals surface area contributed by atoms with Gasteiger partial charge in [-0.1, -0.05) is 32.0 Å². The Bertz CT molecular complexity index is 571. The minimum atomic E-state index is -0.154. The Kier molecular flexibility index (Phi) is 4.74. The monoisotopic (exact) mass is 316 g/mol. The highest BCUT2D eigenvalue weighted by Crippen LogP contribution is 2.36. The number of hydrogen-bond acceptors (Lipinski definition) is 3. The maximum atomic E-state index is 12.5. The number of piperidine rings is 1. The van der Waals surface area contributed by atoms with Crippen LogP contribution in [0.15, 0.2) is 18.2 Å². The fourth-order valence-electron chi connectivity index (χ4n) is 4.14. The molecule has 0 aromatic heterocycles. The lowest BCUT2D eigenvalue weighted by Crippen LogP contribution is -2.47. The van der Waals surface area contributed by atoms with Crippen molar-refractivity contribution in [3.63, 3.8) is 0 Å². The van der Waals surface area contributed by atoms with Gasteiger partial charge in [0.1, 0.15) is 0 Å². The lowest BCUT2D eigenvalue weighted by molar-refractivity contribution is -0.118. The predicted molar refractivity (Wildman–Crippen MR) is 92.6 cm³/mol. The molecule has 23 heavy (non-hydrogen) atoms. The molecule has 2 bridgehead atoms. The molecule has 2 aliphatic rings.